The summed E-state index contributed by atoms with van der Waals surface area (Å²) in [5, 5.41) is 0. The second-order valence-corrected chi connectivity index (χ2v) is 3.18. The van der Waals surface area contributed by atoms with Crippen molar-refractivity contribution in [3.8, 4) is 0 Å². The van der Waals surface area contributed by atoms with Gasteiger partial charge < -0.3 is 10.5 Å². The van der Waals surface area contributed by atoms with Crippen LogP contribution in [-0.2, 0) is 9.53 Å². The normalized spacial score (nSPS) is 22.6. The summed E-state index contributed by atoms with van der Waals surface area (Å²) >= 11 is 0. The molecular weight excluding hydrogens is 161 g/mol. The first kappa shape index (κ1) is 9.45. The molecule has 2 atom stereocenters. The molecule has 2 N–H and O–H groups in total. The van der Waals surface area contributed by atoms with Gasteiger partial charge in [-0.2, -0.15) is 0 Å². The number of alkyl halides is 1. The maximum Gasteiger partial charge on any atom is 0.325 e. The van der Waals surface area contributed by atoms with Crippen LogP contribution in [-0.4, -0.2) is 25.3 Å². The fourth-order valence-electron chi connectivity index (χ4n) is 1.32. The lowest BCUT2D eigenvalue weighted by molar-refractivity contribution is -0.144. The molecule has 0 bridgehead atoms. The maximum absolute atomic E-state index is 13.3. The minimum absolute atomic E-state index is 0.0286. The van der Waals surface area contributed by atoms with Crippen molar-refractivity contribution in [1.29, 1.82) is 0 Å². The number of rotatable bonds is 3. The molecule has 1 aliphatic carbocycles. The molecule has 2 unspecified atom stereocenters. The zero-order chi connectivity index (χ0) is 9.14. The quantitative estimate of drug-likeness (QED) is 0.640. The molecule has 70 valence electrons. The van der Waals surface area contributed by atoms with Gasteiger partial charge in [0.2, 0.25) is 0 Å². The van der Waals surface area contributed by atoms with Gasteiger partial charge in [-0.1, -0.05) is 6.42 Å². The van der Waals surface area contributed by atoms with E-state index in [0.29, 0.717) is 0 Å². The van der Waals surface area contributed by atoms with Gasteiger partial charge in [-0.3, -0.25) is 4.79 Å². The lowest BCUT2D eigenvalue weighted by atomic mass is 9.79. The molecule has 0 aromatic heterocycles. The molecule has 0 aromatic rings. The second kappa shape index (κ2) is 3.85. The van der Waals surface area contributed by atoms with Gasteiger partial charge in [0.25, 0.3) is 0 Å². The number of nitrogens with two attached hydrogens (primary N) is 1. The molecule has 0 radical (unpaired) electrons. The predicted octanol–water partition coefficient (Wildman–Crippen LogP) is 0.625. The van der Waals surface area contributed by atoms with Gasteiger partial charge in [0, 0.05) is 0 Å². The average molecular weight is 175 g/mol. The van der Waals surface area contributed by atoms with Gasteiger partial charge in [-0.25, -0.2) is 4.39 Å². The van der Waals surface area contributed by atoms with E-state index in [0.717, 1.165) is 19.3 Å². The summed E-state index contributed by atoms with van der Waals surface area (Å²) in [6, 6.07) is -1.10. The molecule has 3 nitrogen and oxygen atoms in total. The molecule has 0 amide bonds. The van der Waals surface area contributed by atoms with Gasteiger partial charge in [-0.15, -0.1) is 0 Å². The lowest BCUT2D eigenvalue weighted by Gasteiger charge is -2.30. The molecule has 12 heavy (non-hydrogen) atoms. The van der Waals surface area contributed by atoms with Crippen LogP contribution >= 0.6 is 0 Å². The summed E-state index contributed by atoms with van der Waals surface area (Å²) in [5.74, 6) is -0.687. The Morgan fingerprint density at radius 3 is 2.58 bits per heavy atom. The van der Waals surface area contributed by atoms with Crippen molar-refractivity contribution >= 4 is 5.97 Å². The number of methoxy groups -OCH3 is 1. The van der Waals surface area contributed by atoms with Crippen molar-refractivity contribution in [3.05, 3.63) is 0 Å². The molecule has 1 saturated carbocycles. The third-order valence-electron chi connectivity index (χ3n) is 2.42. The van der Waals surface area contributed by atoms with E-state index in [1.165, 1.54) is 7.11 Å². The van der Waals surface area contributed by atoms with Crippen molar-refractivity contribution in [1.82, 2.24) is 0 Å². The summed E-state index contributed by atoms with van der Waals surface area (Å²) in [6.07, 6.45) is 1.49. The van der Waals surface area contributed by atoms with Crippen LogP contribution in [0.2, 0.25) is 0 Å². The van der Waals surface area contributed by atoms with Crippen molar-refractivity contribution < 1.29 is 13.9 Å². The fourth-order valence-corrected chi connectivity index (χ4v) is 1.32. The number of carbonyl (C=O) groups excluding carboxylic acids is 1. The van der Waals surface area contributed by atoms with Crippen LogP contribution < -0.4 is 5.73 Å². The highest BCUT2D eigenvalue weighted by atomic mass is 19.1. The van der Waals surface area contributed by atoms with E-state index in [-0.39, 0.29) is 5.92 Å². The number of halogens is 1. The van der Waals surface area contributed by atoms with Crippen LogP contribution in [0, 0.1) is 5.92 Å². The molecule has 1 aliphatic rings. The summed E-state index contributed by atoms with van der Waals surface area (Å²) in [6.45, 7) is 0. The topological polar surface area (TPSA) is 52.3 Å². The van der Waals surface area contributed by atoms with Gasteiger partial charge >= 0.3 is 5.97 Å². The first-order valence-electron chi connectivity index (χ1n) is 4.14. The number of hydrogen-bond donors (Lipinski definition) is 1. The van der Waals surface area contributed by atoms with E-state index in [1.54, 1.807) is 0 Å². The smallest absolute Gasteiger partial charge is 0.325 e. The maximum atomic E-state index is 13.3. The second-order valence-electron chi connectivity index (χ2n) is 3.18. The van der Waals surface area contributed by atoms with E-state index in [2.05, 4.69) is 4.74 Å². The van der Waals surface area contributed by atoms with Crippen LogP contribution in [0.1, 0.15) is 19.3 Å². The number of ether oxygens (including phenoxy) is 1. The lowest BCUT2D eigenvalue weighted by Crippen LogP contribution is -2.45. The van der Waals surface area contributed by atoms with E-state index in [1.807, 2.05) is 0 Å². The van der Waals surface area contributed by atoms with Gasteiger partial charge in [0.15, 0.2) is 0 Å². The molecular formula is C8H14FNO2. The zero-order valence-corrected chi connectivity index (χ0v) is 7.13. The van der Waals surface area contributed by atoms with E-state index in [9.17, 15) is 9.18 Å². The Hall–Kier alpha value is -0.640. The molecule has 4 heteroatoms. The summed E-state index contributed by atoms with van der Waals surface area (Å²) in [4.78, 5) is 10.8. The third kappa shape index (κ3) is 1.75. The highest BCUT2D eigenvalue weighted by Crippen LogP contribution is 2.32. The van der Waals surface area contributed by atoms with Crippen LogP contribution in [0.15, 0.2) is 0 Å². The highest BCUT2D eigenvalue weighted by Gasteiger charge is 2.35. The fraction of sp³-hybridized carbons (Fsp3) is 0.875. The van der Waals surface area contributed by atoms with Gasteiger partial charge in [-0.05, 0) is 18.8 Å². The molecule has 1 fully saturated rings. The Balaban J connectivity index is 2.39. The summed E-state index contributed by atoms with van der Waals surface area (Å²) in [5.41, 5.74) is 5.33. The molecule has 0 heterocycles. The van der Waals surface area contributed by atoms with Crippen molar-refractivity contribution in [2.75, 3.05) is 7.11 Å². The number of carbonyl (C=O) groups is 1. The number of hydrogen-bond acceptors (Lipinski definition) is 3. The van der Waals surface area contributed by atoms with E-state index >= 15 is 0 Å². The third-order valence-corrected chi connectivity index (χ3v) is 2.42. The van der Waals surface area contributed by atoms with Crippen LogP contribution in [0.3, 0.4) is 0 Å². The average Bonchev–Trinajstić information content (AvgIpc) is 1.98. The van der Waals surface area contributed by atoms with Crippen LogP contribution in [0.25, 0.3) is 0 Å². The standard InChI is InChI=1S/C8H14FNO2/c1-12-8(11)7(10)6(9)5-3-2-4-5/h5-7H,2-4,10H2,1H3. The highest BCUT2D eigenvalue weighted by molar-refractivity contribution is 5.76. The number of esters is 1. The Morgan fingerprint density at radius 2 is 2.25 bits per heavy atom. The van der Waals surface area contributed by atoms with Gasteiger partial charge in [0.05, 0.1) is 7.11 Å². The molecule has 0 saturated heterocycles. The van der Waals surface area contributed by atoms with Crippen molar-refractivity contribution in [2.45, 2.75) is 31.5 Å². The Morgan fingerprint density at radius 1 is 1.67 bits per heavy atom. The van der Waals surface area contributed by atoms with E-state index in [4.69, 9.17) is 5.73 Å². The largest absolute Gasteiger partial charge is 0.468 e. The molecule has 1 rings (SSSR count). The minimum Gasteiger partial charge on any atom is -0.468 e. The van der Waals surface area contributed by atoms with Crippen LogP contribution in [0.5, 0.6) is 0 Å². The SMILES string of the molecule is COC(=O)C(N)C(F)C1CCC1. The predicted molar refractivity (Wildman–Crippen MR) is 42.2 cm³/mol. The first-order chi connectivity index (χ1) is 5.66. The minimum atomic E-state index is -1.23. The zero-order valence-electron chi connectivity index (χ0n) is 7.13. The monoisotopic (exact) mass is 175 g/mol. The van der Waals surface area contributed by atoms with Crippen molar-refractivity contribution in [2.24, 2.45) is 11.7 Å². The van der Waals surface area contributed by atoms with Crippen LogP contribution in [0.4, 0.5) is 4.39 Å². The van der Waals surface area contributed by atoms with Crippen molar-refractivity contribution in [3.63, 3.8) is 0 Å². The molecule has 0 aliphatic heterocycles. The summed E-state index contributed by atoms with van der Waals surface area (Å²) < 4.78 is 17.6. The van der Waals surface area contributed by atoms with Gasteiger partial charge in [0.1, 0.15) is 12.2 Å². The molecule has 0 spiro atoms. The Bertz CT molecular complexity index is 170. The Labute approximate surface area is 71.1 Å². The molecule has 0 aromatic carbocycles. The Kier molecular flexibility index (Phi) is 3.03. The van der Waals surface area contributed by atoms with E-state index < -0.39 is 18.2 Å². The first-order valence-corrected chi connectivity index (χ1v) is 4.14. The summed E-state index contributed by atoms with van der Waals surface area (Å²) in [7, 11) is 1.22.